The molecule has 0 aromatic carbocycles. The molecular formula is C15H21N5O. The number of likely N-dealkylation sites (tertiary alicyclic amines) is 1. The Kier molecular flexibility index (Phi) is 4.26. The number of hydrogen-bond donors (Lipinski definition) is 0. The minimum Gasteiger partial charge on any atom is -0.383 e. The maximum Gasteiger partial charge on any atom is 0.155 e. The van der Waals surface area contributed by atoms with Crippen molar-refractivity contribution >= 4 is 0 Å². The number of pyridine rings is 1. The third kappa shape index (κ3) is 3.11. The molecule has 0 N–H and O–H groups in total. The summed E-state index contributed by atoms with van der Waals surface area (Å²) in [7, 11) is 1.74. The van der Waals surface area contributed by atoms with Crippen molar-refractivity contribution in [3.8, 4) is 5.82 Å². The van der Waals surface area contributed by atoms with Crippen LogP contribution in [0.15, 0.2) is 24.4 Å². The summed E-state index contributed by atoms with van der Waals surface area (Å²) in [5, 5.41) is 4.51. The Hall–Kier alpha value is -1.79. The molecule has 2 aromatic rings. The Morgan fingerprint density at radius 3 is 3.05 bits per heavy atom. The van der Waals surface area contributed by atoms with Gasteiger partial charge in [0.15, 0.2) is 5.82 Å². The van der Waals surface area contributed by atoms with Gasteiger partial charge in [0.25, 0.3) is 0 Å². The average molecular weight is 287 g/mol. The van der Waals surface area contributed by atoms with Crippen molar-refractivity contribution in [2.45, 2.75) is 19.3 Å². The van der Waals surface area contributed by atoms with Crippen LogP contribution >= 0.6 is 0 Å². The van der Waals surface area contributed by atoms with Crippen LogP contribution in [0.3, 0.4) is 0 Å². The molecular weight excluding hydrogens is 266 g/mol. The topological polar surface area (TPSA) is 56.1 Å². The van der Waals surface area contributed by atoms with E-state index < -0.39 is 0 Å². The van der Waals surface area contributed by atoms with Crippen LogP contribution in [-0.2, 0) is 4.74 Å². The quantitative estimate of drug-likeness (QED) is 0.832. The van der Waals surface area contributed by atoms with E-state index in [9.17, 15) is 0 Å². The maximum absolute atomic E-state index is 5.16. The second-order valence-electron chi connectivity index (χ2n) is 5.40. The van der Waals surface area contributed by atoms with Crippen LogP contribution in [0.2, 0.25) is 0 Å². The first kappa shape index (κ1) is 14.2. The molecule has 3 heterocycles. The van der Waals surface area contributed by atoms with Crippen molar-refractivity contribution in [1.82, 2.24) is 24.6 Å². The Labute approximate surface area is 124 Å². The van der Waals surface area contributed by atoms with Crippen LogP contribution in [0, 0.1) is 6.92 Å². The number of rotatable bonds is 5. The Balaban J connectivity index is 1.80. The van der Waals surface area contributed by atoms with E-state index in [4.69, 9.17) is 4.74 Å². The Bertz CT molecular complexity index is 583. The molecule has 1 aliphatic rings. The van der Waals surface area contributed by atoms with E-state index in [0.717, 1.165) is 50.1 Å². The van der Waals surface area contributed by atoms with Gasteiger partial charge in [-0.25, -0.2) is 9.97 Å². The number of hydrogen-bond acceptors (Lipinski definition) is 5. The maximum atomic E-state index is 5.16. The summed E-state index contributed by atoms with van der Waals surface area (Å²) in [4.78, 5) is 11.4. The van der Waals surface area contributed by atoms with Crippen molar-refractivity contribution in [2.24, 2.45) is 0 Å². The molecule has 0 bridgehead atoms. The molecule has 0 aliphatic carbocycles. The molecule has 1 aliphatic heterocycles. The summed E-state index contributed by atoms with van der Waals surface area (Å²) in [5.41, 5.74) is 0. The number of ether oxygens (including phenoxy) is 1. The minimum absolute atomic E-state index is 0.407. The third-order valence-electron chi connectivity index (χ3n) is 3.85. The monoisotopic (exact) mass is 287 g/mol. The normalized spacial score (nSPS) is 19.2. The average Bonchev–Trinajstić information content (AvgIpc) is 3.12. The predicted molar refractivity (Wildman–Crippen MR) is 79.6 cm³/mol. The van der Waals surface area contributed by atoms with Crippen molar-refractivity contribution in [1.29, 1.82) is 0 Å². The van der Waals surface area contributed by atoms with E-state index in [-0.39, 0.29) is 0 Å². The molecule has 0 radical (unpaired) electrons. The van der Waals surface area contributed by atoms with Crippen LogP contribution in [0.4, 0.5) is 0 Å². The van der Waals surface area contributed by atoms with E-state index in [1.54, 1.807) is 13.3 Å². The second-order valence-corrected chi connectivity index (χ2v) is 5.40. The molecule has 21 heavy (non-hydrogen) atoms. The van der Waals surface area contributed by atoms with Crippen LogP contribution in [0.5, 0.6) is 0 Å². The lowest BCUT2D eigenvalue weighted by Gasteiger charge is -2.15. The fourth-order valence-corrected chi connectivity index (χ4v) is 2.81. The van der Waals surface area contributed by atoms with Crippen LogP contribution < -0.4 is 0 Å². The van der Waals surface area contributed by atoms with Gasteiger partial charge in [-0.1, -0.05) is 6.07 Å². The van der Waals surface area contributed by atoms with E-state index >= 15 is 0 Å². The van der Waals surface area contributed by atoms with Gasteiger partial charge in [0.2, 0.25) is 0 Å². The summed E-state index contributed by atoms with van der Waals surface area (Å²) in [5.74, 6) is 3.06. The summed E-state index contributed by atoms with van der Waals surface area (Å²) in [6.07, 6.45) is 2.89. The summed E-state index contributed by atoms with van der Waals surface area (Å²) in [6, 6.07) is 5.85. The molecule has 6 heteroatoms. The Morgan fingerprint density at radius 1 is 1.38 bits per heavy atom. The van der Waals surface area contributed by atoms with Crippen molar-refractivity contribution in [3.63, 3.8) is 0 Å². The van der Waals surface area contributed by atoms with Crippen molar-refractivity contribution < 1.29 is 4.74 Å². The highest BCUT2D eigenvalue weighted by atomic mass is 16.5. The number of aromatic nitrogens is 4. The number of methoxy groups -OCH3 is 1. The van der Waals surface area contributed by atoms with Crippen molar-refractivity contribution in [2.75, 3.05) is 33.4 Å². The second kappa shape index (κ2) is 6.32. The van der Waals surface area contributed by atoms with Gasteiger partial charge in [0.05, 0.1) is 6.61 Å². The molecule has 1 fully saturated rings. The summed E-state index contributed by atoms with van der Waals surface area (Å²) < 4.78 is 7.05. The highest BCUT2D eigenvalue weighted by Crippen LogP contribution is 2.27. The lowest BCUT2D eigenvalue weighted by molar-refractivity contribution is 0.160. The van der Waals surface area contributed by atoms with Crippen molar-refractivity contribution in [3.05, 3.63) is 36.0 Å². The van der Waals surface area contributed by atoms with Crippen LogP contribution in [-0.4, -0.2) is 58.0 Å². The fraction of sp³-hybridized carbons (Fsp3) is 0.533. The van der Waals surface area contributed by atoms with E-state index in [1.807, 2.05) is 29.8 Å². The highest BCUT2D eigenvalue weighted by molar-refractivity contribution is 5.23. The smallest absolute Gasteiger partial charge is 0.155 e. The van der Waals surface area contributed by atoms with Gasteiger partial charge in [-0.15, -0.1) is 5.10 Å². The van der Waals surface area contributed by atoms with Crippen LogP contribution in [0.1, 0.15) is 24.0 Å². The zero-order chi connectivity index (χ0) is 14.7. The highest BCUT2D eigenvalue weighted by Gasteiger charge is 2.28. The van der Waals surface area contributed by atoms with Gasteiger partial charge in [0.1, 0.15) is 11.6 Å². The van der Waals surface area contributed by atoms with E-state index in [0.29, 0.717) is 5.92 Å². The van der Waals surface area contributed by atoms with Gasteiger partial charge in [-0.2, -0.15) is 4.68 Å². The standard InChI is InChI=1S/C15H21N5O/c1-12-17-15(13-6-8-19(11-13)9-10-21-2)20(18-12)14-5-3-4-7-16-14/h3-5,7,13H,6,8-11H2,1-2H3/t13-/m0/s1. The minimum atomic E-state index is 0.407. The lowest BCUT2D eigenvalue weighted by atomic mass is 10.1. The zero-order valence-corrected chi connectivity index (χ0v) is 12.6. The first-order valence-corrected chi connectivity index (χ1v) is 7.34. The molecule has 3 rings (SSSR count). The zero-order valence-electron chi connectivity index (χ0n) is 12.6. The van der Waals surface area contributed by atoms with Gasteiger partial charge in [-0.05, 0) is 32.0 Å². The predicted octanol–water partition coefficient (Wildman–Crippen LogP) is 1.41. The first-order valence-electron chi connectivity index (χ1n) is 7.34. The largest absolute Gasteiger partial charge is 0.383 e. The fourth-order valence-electron chi connectivity index (χ4n) is 2.81. The lowest BCUT2D eigenvalue weighted by Crippen LogP contribution is -2.25. The molecule has 0 saturated carbocycles. The SMILES string of the molecule is COCCN1CC[C@H](c2nc(C)nn2-c2ccccn2)C1. The first-order chi connectivity index (χ1) is 10.3. The van der Waals surface area contributed by atoms with Gasteiger partial charge in [-0.3, -0.25) is 0 Å². The molecule has 0 amide bonds. The molecule has 0 unspecified atom stereocenters. The summed E-state index contributed by atoms with van der Waals surface area (Å²) >= 11 is 0. The van der Waals surface area contributed by atoms with Gasteiger partial charge >= 0.3 is 0 Å². The third-order valence-corrected chi connectivity index (χ3v) is 3.85. The number of aryl methyl sites for hydroxylation is 1. The number of nitrogens with zero attached hydrogens (tertiary/aromatic N) is 5. The molecule has 112 valence electrons. The van der Waals surface area contributed by atoms with E-state index in [2.05, 4.69) is 20.0 Å². The van der Waals surface area contributed by atoms with Crippen LogP contribution in [0.25, 0.3) is 5.82 Å². The van der Waals surface area contributed by atoms with E-state index in [1.165, 1.54) is 0 Å². The molecule has 1 saturated heterocycles. The molecule has 6 nitrogen and oxygen atoms in total. The van der Waals surface area contributed by atoms with Gasteiger partial charge in [0, 0.05) is 32.3 Å². The Morgan fingerprint density at radius 2 is 2.29 bits per heavy atom. The molecule has 0 spiro atoms. The van der Waals surface area contributed by atoms with Gasteiger partial charge < -0.3 is 9.64 Å². The summed E-state index contributed by atoms with van der Waals surface area (Å²) in [6.45, 7) is 5.78. The molecule has 1 atom stereocenters. The molecule has 2 aromatic heterocycles.